The second-order valence-electron chi connectivity index (χ2n) is 6.09. The molecule has 0 aliphatic rings. The van der Waals surface area contributed by atoms with Crippen LogP contribution in [0.5, 0.6) is 5.75 Å². The molecule has 2 N–H and O–H groups in total. The van der Waals surface area contributed by atoms with Crippen LogP contribution in [-0.2, 0) is 4.79 Å². The molecular formula is C20H23N3O3. The molecule has 26 heavy (non-hydrogen) atoms. The number of amides is 1. The number of carbonyl (C=O) groups is 1. The highest BCUT2D eigenvalue weighted by Crippen LogP contribution is 2.24. The summed E-state index contributed by atoms with van der Waals surface area (Å²) >= 11 is 0. The fourth-order valence-electron chi connectivity index (χ4n) is 2.70. The van der Waals surface area contributed by atoms with Gasteiger partial charge >= 0.3 is 0 Å². The molecule has 2 rings (SSSR count). The molecule has 0 aliphatic carbocycles. The Balaban J connectivity index is 2.36. The van der Waals surface area contributed by atoms with E-state index in [2.05, 4.69) is 5.32 Å². The van der Waals surface area contributed by atoms with Gasteiger partial charge in [0.15, 0.2) is 0 Å². The first kappa shape index (κ1) is 19.3. The van der Waals surface area contributed by atoms with Gasteiger partial charge in [0, 0.05) is 23.6 Å². The third kappa shape index (κ3) is 4.32. The number of aromatic nitrogens is 1. The van der Waals surface area contributed by atoms with Crippen molar-refractivity contribution in [1.29, 1.82) is 5.26 Å². The van der Waals surface area contributed by atoms with Crippen molar-refractivity contribution in [2.24, 2.45) is 0 Å². The fraction of sp³-hybridized carbons (Fsp3) is 0.300. The summed E-state index contributed by atoms with van der Waals surface area (Å²) in [7, 11) is 1.62. The van der Waals surface area contributed by atoms with Crippen LogP contribution in [0.25, 0.3) is 11.8 Å². The number of aryl methyl sites for hydroxylation is 1. The Morgan fingerprint density at radius 1 is 1.38 bits per heavy atom. The smallest absolute Gasteiger partial charge is 0.262 e. The van der Waals surface area contributed by atoms with Gasteiger partial charge in [0.25, 0.3) is 5.91 Å². The second kappa shape index (κ2) is 8.37. The Kier molecular flexibility index (Phi) is 6.21. The van der Waals surface area contributed by atoms with Gasteiger partial charge in [-0.25, -0.2) is 0 Å². The highest BCUT2D eigenvalue weighted by Gasteiger charge is 2.14. The van der Waals surface area contributed by atoms with Crippen LogP contribution in [0.4, 0.5) is 0 Å². The number of nitrogens with one attached hydrogen (secondary N) is 1. The SMILES string of the molecule is COc1ccc(-n2c(C)cc(/C=C(/C#N)C(=O)NCC(C)O)c2C)cc1. The first-order valence-electron chi connectivity index (χ1n) is 8.28. The van der Waals surface area contributed by atoms with E-state index in [1.54, 1.807) is 20.1 Å². The van der Waals surface area contributed by atoms with E-state index < -0.39 is 12.0 Å². The summed E-state index contributed by atoms with van der Waals surface area (Å²) in [6.07, 6.45) is 0.902. The summed E-state index contributed by atoms with van der Waals surface area (Å²) < 4.78 is 7.24. The van der Waals surface area contributed by atoms with Gasteiger partial charge in [-0.05, 0) is 62.7 Å². The Morgan fingerprint density at radius 2 is 2.04 bits per heavy atom. The number of carbonyl (C=O) groups excluding carboxylic acids is 1. The molecule has 1 unspecified atom stereocenters. The van der Waals surface area contributed by atoms with Crippen molar-refractivity contribution >= 4 is 12.0 Å². The molecule has 0 spiro atoms. The first-order valence-corrected chi connectivity index (χ1v) is 8.28. The van der Waals surface area contributed by atoms with Crippen LogP contribution in [0.1, 0.15) is 23.9 Å². The van der Waals surface area contributed by atoms with Gasteiger partial charge < -0.3 is 19.7 Å². The van der Waals surface area contributed by atoms with Gasteiger partial charge in [0.1, 0.15) is 17.4 Å². The predicted molar refractivity (Wildman–Crippen MR) is 100 cm³/mol. The Labute approximate surface area is 153 Å². The van der Waals surface area contributed by atoms with E-state index >= 15 is 0 Å². The number of nitrogens with zero attached hydrogens (tertiary/aromatic N) is 2. The van der Waals surface area contributed by atoms with Gasteiger partial charge in [-0.3, -0.25) is 4.79 Å². The van der Waals surface area contributed by atoms with Crippen molar-refractivity contribution in [3.8, 4) is 17.5 Å². The highest BCUT2D eigenvalue weighted by atomic mass is 16.5. The predicted octanol–water partition coefficient (Wildman–Crippen LogP) is 2.51. The van der Waals surface area contributed by atoms with Gasteiger partial charge in [-0.15, -0.1) is 0 Å². The molecule has 0 radical (unpaired) electrons. The van der Waals surface area contributed by atoms with E-state index in [0.717, 1.165) is 28.4 Å². The van der Waals surface area contributed by atoms with Crippen LogP contribution in [0.3, 0.4) is 0 Å². The third-order valence-electron chi connectivity index (χ3n) is 4.02. The number of methoxy groups -OCH3 is 1. The van der Waals surface area contributed by atoms with Crippen LogP contribution >= 0.6 is 0 Å². The number of ether oxygens (including phenoxy) is 1. The molecule has 1 amide bonds. The van der Waals surface area contributed by atoms with Gasteiger partial charge in [0.05, 0.1) is 13.2 Å². The van der Waals surface area contributed by atoms with Crippen LogP contribution in [0, 0.1) is 25.2 Å². The minimum atomic E-state index is -0.668. The van der Waals surface area contributed by atoms with Crippen molar-refractivity contribution in [3.63, 3.8) is 0 Å². The molecule has 0 saturated carbocycles. The van der Waals surface area contributed by atoms with E-state index in [0.29, 0.717) is 0 Å². The summed E-state index contributed by atoms with van der Waals surface area (Å²) in [4.78, 5) is 12.1. The molecule has 0 bridgehead atoms. The summed E-state index contributed by atoms with van der Waals surface area (Å²) in [6, 6.07) is 11.5. The molecule has 0 fully saturated rings. The molecule has 6 nitrogen and oxygen atoms in total. The number of rotatable bonds is 6. The number of hydrogen-bond donors (Lipinski definition) is 2. The van der Waals surface area contributed by atoms with E-state index in [4.69, 9.17) is 4.74 Å². The first-order chi connectivity index (χ1) is 12.4. The Morgan fingerprint density at radius 3 is 2.58 bits per heavy atom. The standard InChI is InChI=1S/C20H23N3O3/c1-13-9-16(10-17(11-21)20(25)22-12-14(2)24)15(3)23(13)18-5-7-19(26-4)8-6-18/h5-10,14,24H,12H2,1-4H3,(H,22,25)/b17-10-. The minimum Gasteiger partial charge on any atom is -0.497 e. The van der Waals surface area contributed by atoms with Gasteiger partial charge in [0.2, 0.25) is 0 Å². The number of hydrogen-bond acceptors (Lipinski definition) is 4. The van der Waals surface area contributed by atoms with Crippen LogP contribution in [0.2, 0.25) is 0 Å². The van der Waals surface area contributed by atoms with Crippen LogP contribution < -0.4 is 10.1 Å². The zero-order valence-corrected chi connectivity index (χ0v) is 15.4. The molecule has 1 aromatic carbocycles. The van der Waals surface area contributed by atoms with E-state index in [9.17, 15) is 15.2 Å². The maximum absolute atomic E-state index is 12.1. The lowest BCUT2D eigenvalue weighted by molar-refractivity contribution is -0.117. The lowest BCUT2D eigenvalue weighted by atomic mass is 10.1. The molecule has 136 valence electrons. The average molecular weight is 353 g/mol. The molecular weight excluding hydrogens is 330 g/mol. The van der Waals surface area contributed by atoms with Gasteiger partial charge in [-0.2, -0.15) is 5.26 Å². The highest BCUT2D eigenvalue weighted by molar-refractivity contribution is 6.01. The summed E-state index contributed by atoms with van der Waals surface area (Å²) in [5.41, 5.74) is 3.67. The number of aliphatic hydroxyl groups is 1. The molecule has 0 aliphatic heterocycles. The number of aliphatic hydroxyl groups excluding tert-OH is 1. The quantitative estimate of drug-likeness (QED) is 0.617. The maximum Gasteiger partial charge on any atom is 0.262 e. The van der Waals surface area contributed by atoms with Crippen LogP contribution in [0.15, 0.2) is 35.9 Å². The normalized spacial score (nSPS) is 12.4. The Bertz CT molecular complexity index is 856. The van der Waals surface area contributed by atoms with E-state index in [1.165, 1.54) is 0 Å². The molecule has 0 saturated heterocycles. The van der Waals surface area contributed by atoms with Crippen molar-refractivity contribution in [2.45, 2.75) is 26.9 Å². The largest absolute Gasteiger partial charge is 0.497 e. The second-order valence-corrected chi connectivity index (χ2v) is 6.09. The maximum atomic E-state index is 12.1. The number of nitriles is 1. The number of benzene rings is 1. The van der Waals surface area contributed by atoms with Crippen molar-refractivity contribution in [1.82, 2.24) is 9.88 Å². The average Bonchev–Trinajstić information content (AvgIpc) is 2.91. The molecule has 6 heteroatoms. The van der Waals surface area contributed by atoms with Crippen molar-refractivity contribution in [2.75, 3.05) is 13.7 Å². The van der Waals surface area contributed by atoms with E-state index in [-0.39, 0.29) is 12.1 Å². The van der Waals surface area contributed by atoms with Crippen molar-refractivity contribution in [3.05, 3.63) is 52.9 Å². The molecule has 2 aromatic rings. The zero-order chi connectivity index (χ0) is 19.3. The zero-order valence-electron chi connectivity index (χ0n) is 15.4. The van der Waals surface area contributed by atoms with Crippen LogP contribution in [-0.4, -0.2) is 35.3 Å². The molecule has 1 atom stereocenters. The molecule has 1 heterocycles. The summed E-state index contributed by atoms with van der Waals surface area (Å²) in [5, 5.41) is 21.1. The fourth-order valence-corrected chi connectivity index (χ4v) is 2.70. The van der Waals surface area contributed by atoms with Gasteiger partial charge in [-0.1, -0.05) is 0 Å². The third-order valence-corrected chi connectivity index (χ3v) is 4.02. The summed E-state index contributed by atoms with van der Waals surface area (Å²) in [5.74, 6) is 0.278. The molecule has 1 aromatic heterocycles. The van der Waals surface area contributed by atoms with Crippen molar-refractivity contribution < 1.29 is 14.6 Å². The lowest BCUT2D eigenvalue weighted by Crippen LogP contribution is -2.31. The lowest BCUT2D eigenvalue weighted by Gasteiger charge is -2.10. The minimum absolute atomic E-state index is 0.000584. The Hall–Kier alpha value is -3.04. The monoisotopic (exact) mass is 353 g/mol. The summed E-state index contributed by atoms with van der Waals surface area (Å²) in [6.45, 7) is 5.57. The topological polar surface area (TPSA) is 87.3 Å². The van der Waals surface area contributed by atoms with E-state index in [1.807, 2.05) is 54.8 Å².